The van der Waals surface area contributed by atoms with Crippen molar-refractivity contribution in [2.75, 3.05) is 26.2 Å². The van der Waals surface area contributed by atoms with Crippen LogP contribution in [0.4, 0.5) is 0 Å². The van der Waals surface area contributed by atoms with Crippen LogP contribution in [0.5, 0.6) is 0 Å². The van der Waals surface area contributed by atoms with Crippen LogP contribution in [0.2, 0.25) is 10.0 Å². The fraction of sp³-hybridized carbons (Fsp3) is 0.400. The van der Waals surface area contributed by atoms with E-state index in [4.69, 9.17) is 23.2 Å². The standard InChI is InChI=1S/C30H33Cl2N3O3/c31-25-7-5-20(17-26(25)32)6-8-29(36)35-13-9-21(10-14-35)18-28(30(37)38)34-15-11-22(12-16-34)24-19-33-27-4-2-1-3-23(24)27/h1-8,17,19,21-22,28,33H,9-16,18H2,(H,37,38)/b8-6+. The Labute approximate surface area is 233 Å². The molecule has 6 nitrogen and oxygen atoms in total. The van der Waals surface area contributed by atoms with Gasteiger partial charge in [-0.3, -0.25) is 14.5 Å². The van der Waals surface area contributed by atoms with E-state index in [1.165, 1.54) is 10.9 Å². The summed E-state index contributed by atoms with van der Waals surface area (Å²) < 4.78 is 0. The third kappa shape index (κ3) is 6.09. The molecule has 38 heavy (non-hydrogen) atoms. The number of nitrogens with one attached hydrogen (secondary N) is 1. The summed E-state index contributed by atoms with van der Waals surface area (Å²) in [7, 11) is 0. The van der Waals surface area contributed by atoms with Gasteiger partial charge >= 0.3 is 5.97 Å². The predicted octanol–water partition coefficient (Wildman–Crippen LogP) is 6.45. The number of carbonyl (C=O) groups is 2. The van der Waals surface area contributed by atoms with E-state index in [-0.39, 0.29) is 5.91 Å². The lowest BCUT2D eigenvalue weighted by molar-refractivity contribution is -0.145. The Balaban J connectivity index is 1.12. The van der Waals surface area contributed by atoms with Crippen molar-refractivity contribution in [2.45, 2.75) is 44.1 Å². The van der Waals surface area contributed by atoms with Gasteiger partial charge in [-0.15, -0.1) is 0 Å². The number of para-hydroxylation sites is 1. The molecule has 2 aliphatic heterocycles. The van der Waals surface area contributed by atoms with Crippen LogP contribution in [0.15, 0.2) is 54.7 Å². The number of benzene rings is 2. The van der Waals surface area contributed by atoms with E-state index >= 15 is 0 Å². The van der Waals surface area contributed by atoms with Crippen molar-refractivity contribution in [3.05, 3.63) is 75.9 Å². The van der Waals surface area contributed by atoms with Crippen molar-refractivity contribution in [1.29, 1.82) is 0 Å². The van der Waals surface area contributed by atoms with Gasteiger partial charge in [-0.2, -0.15) is 0 Å². The maximum atomic E-state index is 12.7. The normalized spacial score (nSPS) is 18.8. The first kappa shape index (κ1) is 26.8. The number of halogens is 2. The van der Waals surface area contributed by atoms with Crippen LogP contribution in [0, 0.1) is 5.92 Å². The zero-order valence-corrected chi connectivity index (χ0v) is 22.8. The highest BCUT2D eigenvalue weighted by Gasteiger charge is 2.34. The highest BCUT2D eigenvalue weighted by atomic mass is 35.5. The average Bonchev–Trinajstić information content (AvgIpc) is 3.37. The van der Waals surface area contributed by atoms with Crippen LogP contribution in [-0.4, -0.2) is 64.0 Å². The molecule has 200 valence electrons. The predicted molar refractivity (Wildman–Crippen MR) is 153 cm³/mol. The molecule has 8 heteroatoms. The number of aromatic nitrogens is 1. The second-order valence-corrected chi connectivity index (χ2v) is 11.3. The number of piperidine rings is 2. The van der Waals surface area contributed by atoms with Gasteiger partial charge in [0.05, 0.1) is 10.0 Å². The van der Waals surface area contributed by atoms with Gasteiger partial charge in [0.15, 0.2) is 0 Å². The number of likely N-dealkylation sites (tertiary alicyclic amines) is 2. The average molecular weight is 555 g/mol. The Morgan fingerprint density at radius 2 is 1.74 bits per heavy atom. The lowest BCUT2D eigenvalue weighted by Gasteiger charge is -2.38. The number of amides is 1. The minimum absolute atomic E-state index is 0.0383. The number of aromatic amines is 1. The molecule has 0 saturated carbocycles. The molecule has 2 aromatic carbocycles. The van der Waals surface area contributed by atoms with E-state index in [9.17, 15) is 14.7 Å². The minimum atomic E-state index is -0.737. The van der Waals surface area contributed by atoms with Crippen LogP contribution in [0.25, 0.3) is 17.0 Å². The van der Waals surface area contributed by atoms with Gasteiger partial charge in [0.25, 0.3) is 0 Å². The highest BCUT2D eigenvalue weighted by Crippen LogP contribution is 2.35. The Hall–Kier alpha value is -2.80. The first-order valence-electron chi connectivity index (χ1n) is 13.3. The van der Waals surface area contributed by atoms with E-state index < -0.39 is 12.0 Å². The van der Waals surface area contributed by atoms with Crippen LogP contribution >= 0.6 is 23.2 Å². The molecule has 1 atom stereocenters. The molecular formula is C30H33Cl2N3O3. The van der Waals surface area contributed by atoms with Gasteiger partial charge in [-0.25, -0.2) is 0 Å². The summed E-state index contributed by atoms with van der Waals surface area (Å²) in [6.45, 7) is 2.87. The maximum Gasteiger partial charge on any atom is 0.320 e. The van der Waals surface area contributed by atoms with Gasteiger partial charge in [0.1, 0.15) is 6.04 Å². The molecule has 2 aliphatic rings. The molecule has 2 N–H and O–H groups in total. The quantitative estimate of drug-likeness (QED) is 0.329. The number of nitrogens with zero attached hydrogens (tertiary/aromatic N) is 2. The Bertz CT molecular complexity index is 1320. The van der Waals surface area contributed by atoms with Gasteiger partial charge in [0, 0.05) is 36.3 Å². The molecule has 0 aliphatic carbocycles. The number of aliphatic carboxylic acids is 1. The second kappa shape index (κ2) is 11.9. The molecule has 5 rings (SSSR count). The van der Waals surface area contributed by atoms with E-state index in [0.29, 0.717) is 41.4 Å². The first-order chi connectivity index (χ1) is 18.4. The molecule has 3 aromatic rings. The van der Waals surface area contributed by atoms with E-state index in [1.807, 2.05) is 17.0 Å². The number of H-pyrrole nitrogens is 1. The van der Waals surface area contributed by atoms with Crippen LogP contribution < -0.4 is 0 Å². The Morgan fingerprint density at radius 1 is 1.00 bits per heavy atom. The molecule has 1 amide bonds. The van der Waals surface area contributed by atoms with Crippen LogP contribution in [0.3, 0.4) is 0 Å². The molecular weight excluding hydrogens is 521 g/mol. The molecule has 1 unspecified atom stereocenters. The number of carboxylic acids is 1. The first-order valence-corrected chi connectivity index (χ1v) is 14.1. The number of carbonyl (C=O) groups excluding carboxylic acids is 1. The lowest BCUT2D eigenvalue weighted by Crippen LogP contribution is -2.47. The fourth-order valence-corrected chi connectivity index (χ4v) is 6.26. The zero-order chi connectivity index (χ0) is 26.6. The van der Waals surface area contributed by atoms with Gasteiger partial charge in [0.2, 0.25) is 5.91 Å². The maximum absolute atomic E-state index is 12.7. The zero-order valence-electron chi connectivity index (χ0n) is 21.3. The summed E-state index contributed by atoms with van der Waals surface area (Å²) in [6, 6.07) is 13.2. The summed E-state index contributed by atoms with van der Waals surface area (Å²) in [5.41, 5.74) is 3.32. The van der Waals surface area contributed by atoms with Crippen molar-refractivity contribution < 1.29 is 14.7 Å². The van der Waals surface area contributed by atoms with E-state index in [2.05, 4.69) is 34.3 Å². The third-order valence-electron chi connectivity index (χ3n) is 8.16. The van der Waals surface area contributed by atoms with Crippen molar-refractivity contribution in [1.82, 2.24) is 14.8 Å². The Morgan fingerprint density at radius 3 is 2.45 bits per heavy atom. The summed E-state index contributed by atoms with van der Waals surface area (Å²) in [5.74, 6) is -0.0316. The molecule has 0 radical (unpaired) electrons. The van der Waals surface area contributed by atoms with Gasteiger partial charge < -0.3 is 15.0 Å². The highest BCUT2D eigenvalue weighted by molar-refractivity contribution is 6.42. The number of fused-ring (bicyclic) bond motifs is 1. The molecule has 2 saturated heterocycles. The fourth-order valence-electron chi connectivity index (χ4n) is 5.95. The topological polar surface area (TPSA) is 76.6 Å². The summed E-state index contributed by atoms with van der Waals surface area (Å²) >= 11 is 12.0. The molecule has 0 spiro atoms. The number of rotatable bonds is 7. The third-order valence-corrected chi connectivity index (χ3v) is 8.90. The summed E-state index contributed by atoms with van der Waals surface area (Å²) in [4.78, 5) is 32.3. The summed E-state index contributed by atoms with van der Waals surface area (Å²) in [5, 5.41) is 12.3. The van der Waals surface area contributed by atoms with Crippen LogP contribution in [0.1, 0.15) is 49.1 Å². The van der Waals surface area contributed by atoms with Crippen LogP contribution in [-0.2, 0) is 9.59 Å². The van der Waals surface area contributed by atoms with Gasteiger partial charge in [-0.05, 0) is 92.4 Å². The largest absolute Gasteiger partial charge is 0.480 e. The van der Waals surface area contributed by atoms with Crippen molar-refractivity contribution in [2.24, 2.45) is 5.92 Å². The van der Waals surface area contributed by atoms with E-state index in [1.54, 1.807) is 24.3 Å². The monoisotopic (exact) mass is 553 g/mol. The SMILES string of the molecule is O=C(O)C(CC1CCN(C(=O)/C=C/c2ccc(Cl)c(Cl)c2)CC1)N1CCC(c2c[nH]c3ccccc23)CC1. The smallest absolute Gasteiger partial charge is 0.320 e. The summed E-state index contributed by atoms with van der Waals surface area (Å²) in [6.07, 6.45) is 9.63. The molecule has 3 heterocycles. The van der Waals surface area contributed by atoms with Crippen molar-refractivity contribution in [3.8, 4) is 0 Å². The second-order valence-electron chi connectivity index (χ2n) is 10.5. The number of hydrogen-bond acceptors (Lipinski definition) is 3. The molecule has 0 bridgehead atoms. The van der Waals surface area contributed by atoms with E-state index in [0.717, 1.165) is 49.9 Å². The van der Waals surface area contributed by atoms with Gasteiger partial charge in [-0.1, -0.05) is 47.5 Å². The Kier molecular flexibility index (Phi) is 8.42. The minimum Gasteiger partial charge on any atom is -0.480 e. The van der Waals surface area contributed by atoms with Crippen molar-refractivity contribution in [3.63, 3.8) is 0 Å². The molecule has 2 fully saturated rings. The molecule has 1 aromatic heterocycles. The lowest BCUT2D eigenvalue weighted by atomic mass is 9.86. The number of hydrogen-bond donors (Lipinski definition) is 2. The van der Waals surface area contributed by atoms with Crippen molar-refractivity contribution >= 4 is 52.1 Å². The number of carboxylic acid groups (broad SMARTS) is 1.